The first-order valence-corrected chi connectivity index (χ1v) is 7.62. The van der Waals surface area contributed by atoms with E-state index in [0.29, 0.717) is 10.6 Å². The highest BCUT2D eigenvalue weighted by atomic mass is 35.5. The molecule has 0 aromatic heterocycles. The fourth-order valence-corrected chi connectivity index (χ4v) is 3.26. The summed E-state index contributed by atoms with van der Waals surface area (Å²) in [5.41, 5.74) is 1.72. The number of aldehydes is 1. The molecule has 3 heteroatoms. The van der Waals surface area contributed by atoms with Crippen LogP contribution in [0.5, 0.6) is 0 Å². The Morgan fingerprint density at radius 3 is 2.89 bits per heavy atom. The van der Waals surface area contributed by atoms with E-state index in [1.807, 2.05) is 12.1 Å². The van der Waals surface area contributed by atoms with Crippen molar-refractivity contribution in [2.45, 2.75) is 39.0 Å². The Balaban J connectivity index is 2.07. The van der Waals surface area contributed by atoms with Crippen molar-refractivity contribution in [2.24, 2.45) is 5.92 Å². The number of hydrogen-bond donors (Lipinski definition) is 0. The molecule has 1 saturated heterocycles. The lowest BCUT2D eigenvalue weighted by Crippen LogP contribution is -2.24. The minimum absolute atomic E-state index is 0.646. The largest absolute Gasteiger partial charge is 0.370 e. The molecule has 0 amide bonds. The molecule has 2 nitrogen and oxygen atoms in total. The van der Waals surface area contributed by atoms with E-state index in [2.05, 4.69) is 11.8 Å². The van der Waals surface area contributed by atoms with Crippen LogP contribution in [-0.4, -0.2) is 19.4 Å². The number of halogens is 1. The summed E-state index contributed by atoms with van der Waals surface area (Å²) >= 11 is 6.29. The third kappa shape index (κ3) is 3.73. The van der Waals surface area contributed by atoms with Gasteiger partial charge in [0, 0.05) is 18.7 Å². The van der Waals surface area contributed by atoms with Gasteiger partial charge in [0.15, 0.2) is 0 Å². The maximum Gasteiger partial charge on any atom is 0.150 e. The SMILES string of the molecule is CCCC1CCCN(c2ccc(C=O)cc2Cl)CC1. The predicted octanol–water partition coefficient (Wildman–Crippen LogP) is 4.56. The Morgan fingerprint density at radius 1 is 1.37 bits per heavy atom. The van der Waals surface area contributed by atoms with Crippen LogP contribution in [0.4, 0.5) is 5.69 Å². The van der Waals surface area contributed by atoms with E-state index in [9.17, 15) is 4.79 Å². The van der Waals surface area contributed by atoms with Gasteiger partial charge in [-0.25, -0.2) is 0 Å². The summed E-state index contributed by atoms with van der Waals surface area (Å²) in [5, 5.41) is 0.693. The van der Waals surface area contributed by atoms with Crippen molar-refractivity contribution in [3.8, 4) is 0 Å². The van der Waals surface area contributed by atoms with E-state index in [0.717, 1.165) is 31.0 Å². The predicted molar refractivity (Wildman–Crippen MR) is 81.3 cm³/mol. The van der Waals surface area contributed by atoms with Gasteiger partial charge in [-0.15, -0.1) is 0 Å². The molecule has 0 bridgehead atoms. The van der Waals surface area contributed by atoms with E-state index in [1.165, 1.54) is 32.1 Å². The fourth-order valence-electron chi connectivity index (χ4n) is 2.96. The molecule has 1 heterocycles. The number of carbonyl (C=O) groups is 1. The normalized spacial score (nSPS) is 20.1. The molecule has 19 heavy (non-hydrogen) atoms. The molecule has 2 rings (SSSR count). The first-order chi connectivity index (χ1) is 9.24. The van der Waals surface area contributed by atoms with Crippen LogP contribution in [0.25, 0.3) is 0 Å². The van der Waals surface area contributed by atoms with Gasteiger partial charge >= 0.3 is 0 Å². The zero-order valence-corrected chi connectivity index (χ0v) is 12.3. The summed E-state index contributed by atoms with van der Waals surface area (Å²) in [6.45, 7) is 4.41. The van der Waals surface area contributed by atoms with Crippen molar-refractivity contribution in [2.75, 3.05) is 18.0 Å². The zero-order valence-electron chi connectivity index (χ0n) is 11.6. The van der Waals surface area contributed by atoms with Crippen molar-refractivity contribution < 1.29 is 4.79 Å². The van der Waals surface area contributed by atoms with Crippen molar-refractivity contribution in [3.63, 3.8) is 0 Å². The second-order valence-corrected chi connectivity index (χ2v) is 5.81. The highest BCUT2D eigenvalue weighted by Crippen LogP contribution is 2.30. The first-order valence-electron chi connectivity index (χ1n) is 7.24. The number of nitrogens with zero attached hydrogens (tertiary/aromatic N) is 1. The molecule has 1 aromatic rings. The van der Waals surface area contributed by atoms with E-state index in [1.54, 1.807) is 6.07 Å². The van der Waals surface area contributed by atoms with Crippen LogP contribution in [-0.2, 0) is 0 Å². The van der Waals surface area contributed by atoms with Crippen molar-refractivity contribution in [1.82, 2.24) is 0 Å². The topological polar surface area (TPSA) is 20.3 Å². The van der Waals surface area contributed by atoms with Crippen LogP contribution >= 0.6 is 11.6 Å². The average molecular weight is 280 g/mol. The van der Waals surface area contributed by atoms with Gasteiger partial charge in [-0.2, -0.15) is 0 Å². The summed E-state index contributed by atoms with van der Waals surface area (Å²) in [5.74, 6) is 0.864. The van der Waals surface area contributed by atoms with Crippen LogP contribution in [0.1, 0.15) is 49.4 Å². The van der Waals surface area contributed by atoms with Crippen LogP contribution in [0, 0.1) is 5.92 Å². The molecule has 1 aliphatic rings. The summed E-state index contributed by atoms with van der Waals surface area (Å²) < 4.78 is 0. The monoisotopic (exact) mass is 279 g/mol. The van der Waals surface area contributed by atoms with Crippen LogP contribution in [0.2, 0.25) is 5.02 Å². The lowest BCUT2D eigenvalue weighted by atomic mass is 9.96. The van der Waals surface area contributed by atoms with Crippen LogP contribution < -0.4 is 4.90 Å². The Morgan fingerprint density at radius 2 is 2.21 bits per heavy atom. The molecule has 1 unspecified atom stereocenters. The quantitative estimate of drug-likeness (QED) is 0.753. The molecule has 1 aromatic carbocycles. The Kier molecular flexibility index (Phi) is 5.26. The van der Waals surface area contributed by atoms with Gasteiger partial charge in [-0.3, -0.25) is 4.79 Å². The van der Waals surface area contributed by atoms with Gasteiger partial charge in [0.05, 0.1) is 10.7 Å². The smallest absolute Gasteiger partial charge is 0.150 e. The number of hydrogen-bond acceptors (Lipinski definition) is 2. The third-order valence-electron chi connectivity index (χ3n) is 3.99. The van der Waals surface area contributed by atoms with Crippen molar-refractivity contribution >= 4 is 23.6 Å². The number of rotatable bonds is 4. The molecule has 1 fully saturated rings. The van der Waals surface area contributed by atoms with E-state index >= 15 is 0 Å². The number of carbonyl (C=O) groups excluding carboxylic acids is 1. The Hall–Kier alpha value is -1.02. The number of benzene rings is 1. The number of anilines is 1. The first kappa shape index (κ1) is 14.4. The highest BCUT2D eigenvalue weighted by Gasteiger charge is 2.18. The van der Waals surface area contributed by atoms with E-state index in [4.69, 9.17) is 11.6 Å². The van der Waals surface area contributed by atoms with Gasteiger partial charge in [0.2, 0.25) is 0 Å². The van der Waals surface area contributed by atoms with Gasteiger partial charge in [-0.1, -0.05) is 31.4 Å². The standard InChI is InChI=1S/C16H22ClNO/c1-2-4-13-5-3-9-18(10-8-13)16-7-6-14(12-19)11-15(16)17/h6-7,11-13H,2-5,8-10H2,1H3. The molecule has 0 aliphatic carbocycles. The molecular weight excluding hydrogens is 258 g/mol. The molecule has 0 spiro atoms. The minimum Gasteiger partial charge on any atom is -0.370 e. The van der Waals surface area contributed by atoms with Gasteiger partial charge in [0.25, 0.3) is 0 Å². The lowest BCUT2D eigenvalue weighted by molar-refractivity contribution is 0.112. The molecular formula is C16H22ClNO. The van der Waals surface area contributed by atoms with Crippen LogP contribution in [0.3, 0.4) is 0 Å². The molecule has 0 saturated carbocycles. The van der Waals surface area contributed by atoms with E-state index in [-0.39, 0.29) is 0 Å². The maximum atomic E-state index is 10.7. The second-order valence-electron chi connectivity index (χ2n) is 5.40. The minimum atomic E-state index is 0.646. The second kappa shape index (κ2) is 6.95. The Bertz CT molecular complexity index is 433. The maximum absolute atomic E-state index is 10.7. The fraction of sp³-hybridized carbons (Fsp3) is 0.562. The summed E-state index contributed by atoms with van der Waals surface area (Å²) in [6.07, 6.45) is 7.27. The molecule has 104 valence electrons. The molecule has 1 aliphatic heterocycles. The van der Waals surface area contributed by atoms with E-state index < -0.39 is 0 Å². The zero-order chi connectivity index (χ0) is 13.7. The molecule has 0 radical (unpaired) electrons. The summed E-state index contributed by atoms with van der Waals surface area (Å²) in [4.78, 5) is 13.1. The van der Waals surface area contributed by atoms with Crippen LogP contribution in [0.15, 0.2) is 18.2 Å². The molecule has 0 N–H and O–H groups in total. The van der Waals surface area contributed by atoms with Crippen molar-refractivity contribution in [3.05, 3.63) is 28.8 Å². The lowest BCUT2D eigenvalue weighted by Gasteiger charge is -2.24. The third-order valence-corrected chi connectivity index (χ3v) is 4.30. The molecule has 1 atom stereocenters. The summed E-state index contributed by atoms with van der Waals surface area (Å²) in [6, 6.07) is 5.59. The average Bonchev–Trinajstić information content (AvgIpc) is 2.65. The highest BCUT2D eigenvalue weighted by molar-refractivity contribution is 6.33. The van der Waals surface area contributed by atoms with Gasteiger partial charge in [0.1, 0.15) is 6.29 Å². The summed E-state index contributed by atoms with van der Waals surface area (Å²) in [7, 11) is 0. The van der Waals surface area contributed by atoms with Gasteiger partial charge < -0.3 is 4.90 Å². The van der Waals surface area contributed by atoms with Crippen molar-refractivity contribution in [1.29, 1.82) is 0 Å². The Labute approximate surface area is 120 Å². The van der Waals surface area contributed by atoms with Gasteiger partial charge in [-0.05, 0) is 43.4 Å².